The van der Waals surface area contributed by atoms with E-state index in [1.807, 2.05) is 0 Å². The Labute approximate surface area is 120 Å². The van der Waals surface area contributed by atoms with Crippen LogP contribution in [0.3, 0.4) is 0 Å². The van der Waals surface area contributed by atoms with Crippen molar-refractivity contribution >= 4 is 23.4 Å². The van der Waals surface area contributed by atoms with Crippen molar-refractivity contribution in [3.8, 4) is 0 Å². The van der Waals surface area contributed by atoms with Crippen LogP contribution in [0.15, 0.2) is 12.3 Å². The van der Waals surface area contributed by atoms with Gasteiger partial charge in [-0.3, -0.25) is 4.79 Å². The number of nitrogen functional groups attached to an aromatic ring is 1. The fraction of sp³-hybridized carbons (Fsp3) is 0.300. The molecular formula is C10H10N3NaO3. The van der Waals surface area contributed by atoms with Gasteiger partial charge in [0.1, 0.15) is 11.8 Å². The molecule has 2 rings (SSSR count). The number of nitrogens with two attached hydrogens (primary N) is 1. The Morgan fingerprint density at radius 3 is 2.65 bits per heavy atom. The Kier molecular flexibility index (Phi) is 4.50. The molecule has 1 aliphatic carbocycles. The summed E-state index contributed by atoms with van der Waals surface area (Å²) in [5.74, 6) is -2.15. The number of hydrogen-bond donors (Lipinski definition) is 2. The van der Waals surface area contributed by atoms with E-state index in [2.05, 4.69) is 10.3 Å². The molecule has 1 aromatic heterocycles. The zero-order valence-electron chi connectivity index (χ0n) is 9.40. The van der Waals surface area contributed by atoms with Gasteiger partial charge in [-0.1, -0.05) is 0 Å². The third kappa shape index (κ3) is 3.42. The quantitative estimate of drug-likeness (QED) is 0.409. The predicted octanol–water partition coefficient (Wildman–Crippen LogP) is -3.77. The summed E-state index contributed by atoms with van der Waals surface area (Å²) in [6, 6.07) is 1.65. The van der Waals surface area contributed by atoms with Gasteiger partial charge in [-0.2, -0.15) is 0 Å². The van der Waals surface area contributed by atoms with Crippen LogP contribution in [0.2, 0.25) is 0 Å². The number of nitrogens with zero attached hydrogens (tertiary/aromatic N) is 1. The molecule has 0 unspecified atom stereocenters. The van der Waals surface area contributed by atoms with Crippen molar-refractivity contribution < 1.29 is 44.3 Å². The van der Waals surface area contributed by atoms with Gasteiger partial charge in [0.05, 0.1) is 11.9 Å². The standard InChI is InChI=1S/C10H11N3O3.Na/c11-8-7(5-1-2-5)3-6(4-12-8)13-9(14)10(15)16;/h3-5H,1-2H2,(H2,11,12)(H,13,14)(H,15,16);/q;+1/p-1. The molecule has 0 bridgehead atoms. The Hall–Kier alpha value is -1.11. The minimum atomic E-state index is -1.77. The van der Waals surface area contributed by atoms with Crippen LogP contribution in [0, 0.1) is 0 Å². The molecular weight excluding hydrogens is 233 g/mol. The maximum Gasteiger partial charge on any atom is 1.00 e. The number of pyridine rings is 1. The van der Waals surface area contributed by atoms with Gasteiger partial charge in [-0.15, -0.1) is 0 Å². The van der Waals surface area contributed by atoms with Crippen molar-refractivity contribution in [3.63, 3.8) is 0 Å². The second-order valence-corrected chi connectivity index (χ2v) is 3.71. The number of carboxylic acid groups (broad SMARTS) is 1. The second-order valence-electron chi connectivity index (χ2n) is 3.71. The van der Waals surface area contributed by atoms with Gasteiger partial charge in [-0.25, -0.2) is 4.98 Å². The van der Waals surface area contributed by atoms with Gasteiger partial charge < -0.3 is 21.0 Å². The molecule has 84 valence electrons. The molecule has 1 fully saturated rings. The Balaban J connectivity index is 0.00000144. The van der Waals surface area contributed by atoms with Crippen molar-refractivity contribution in [1.82, 2.24) is 4.98 Å². The monoisotopic (exact) mass is 243 g/mol. The van der Waals surface area contributed by atoms with Crippen LogP contribution in [0.1, 0.15) is 24.3 Å². The average molecular weight is 243 g/mol. The number of carbonyl (C=O) groups excluding carboxylic acids is 2. The van der Waals surface area contributed by atoms with E-state index in [1.54, 1.807) is 6.07 Å². The van der Waals surface area contributed by atoms with Crippen molar-refractivity contribution in [2.24, 2.45) is 0 Å². The minimum Gasteiger partial charge on any atom is -0.540 e. The first-order valence-corrected chi connectivity index (χ1v) is 4.85. The molecule has 1 aliphatic rings. The summed E-state index contributed by atoms with van der Waals surface area (Å²) in [6.07, 6.45) is 3.41. The van der Waals surface area contributed by atoms with Crippen LogP contribution in [0.25, 0.3) is 0 Å². The number of nitrogens with one attached hydrogen (secondary N) is 1. The summed E-state index contributed by atoms with van der Waals surface area (Å²) < 4.78 is 0. The number of amides is 1. The van der Waals surface area contributed by atoms with Crippen molar-refractivity contribution in [2.75, 3.05) is 11.1 Å². The zero-order valence-corrected chi connectivity index (χ0v) is 11.4. The first kappa shape index (κ1) is 14.0. The van der Waals surface area contributed by atoms with Crippen LogP contribution < -0.4 is 45.7 Å². The van der Waals surface area contributed by atoms with E-state index in [0.717, 1.165) is 18.4 Å². The maximum absolute atomic E-state index is 10.9. The van der Waals surface area contributed by atoms with Gasteiger partial charge in [-0.05, 0) is 30.4 Å². The number of carboxylic acids is 1. The van der Waals surface area contributed by atoms with E-state index in [1.165, 1.54) is 6.20 Å². The van der Waals surface area contributed by atoms with Crippen molar-refractivity contribution in [2.45, 2.75) is 18.8 Å². The van der Waals surface area contributed by atoms with E-state index < -0.39 is 11.9 Å². The van der Waals surface area contributed by atoms with E-state index in [0.29, 0.717) is 17.4 Å². The summed E-state index contributed by atoms with van der Waals surface area (Å²) in [5.41, 5.74) is 6.85. The second kappa shape index (κ2) is 5.48. The molecule has 1 saturated carbocycles. The first-order chi connectivity index (χ1) is 7.58. The Bertz CT molecular complexity index is 460. The maximum atomic E-state index is 10.9. The molecule has 7 heteroatoms. The SMILES string of the molecule is Nc1ncc(NC(=O)C(=O)[O-])cc1C1CC1.[Na+]. The Morgan fingerprint density at radius 1 is 1.47 bits per heavy atom. The third-order valence-electron chi connectivity index (χ3n) is 2.41. The van der Waals surface area contributed by atoms with Crippen LogP contribution in [-0.2, 0) is 9.59 Å². The summed E-state index contributed by atoms with van der Waals surface area (Å²) in [7, 11) is 0. The topological polar surface area (TPSA) is 108 Å². The number of carbonyl (C=O) groups is 2. The molecule has 1 heterocycles. The molecule has 17 heavy (non-hydrogen) atoms. The largest absolute Gasteiger partial charge is 1.00 e. The molecule has 0 radical (unpaired) electrons. The summed E-state index contributed by atoms with van der Waals surface area (Å²) >= 11 is 0. The smallest absolute Gasteiger partial charge is 0.540 e. The number of anilines is 2. The average Bonchev–Trinajstić information content (AvgIpc) is 3.04. The molecule has 1 aromatic rings. The number of aliphatic carboxylic acids is 1. The minimum absolute atomic E-state index is 0. The normalized spacial score (nSPS) is 13.6. The summed E-state index contributed by atoms with van der Waals surface area (Å²) in [6.45, 7) is 0. The van der Waals surface area contributed by atoms with Crippen LogP contribution in [0.4, 0.5) is 11.5 Å². The van der Waals surface area contributed by atoms with E-state index in [9.17, 15) is 14.7 Å². The summed E-state index contributed by atoms with van der Waals surface area (Å²) in [5, 5.41) is 12.4. The molecule has 3 N–H and O–H groups in total. The van der Waals surface area contributed by atoms with Crippen molar-refractivity contribution in [1.29, 1.82) is 0 Å². The molecule has 1 amide bonds. The molecule has 0 saturated heterocycles. The van der Waals surface area contributed by atoms with Gasteiger partial charge in [0.25, 0.3) is 5.91 Å². The predicted molar refractivity (Wildman–Crippen MR) is 54.3 cm³/mol. The van der Waals surface area contributed by atoms with Gasteiger partial charge in [0, 0.05) is 0 Å². The molecule has 0 aliphatic heterocycles. The Morgan fingerprint density at radius 2 is 2.12 bits per heavy atom. The third-order valence-corrected chi connectivity index (χ3v) is 2.41. The van der Waals surface area contributed by atoms with Crippen LogP contribution >= 0.6 is 0 Å². The molecule has 6 nitrogen and oxygen atoms in total. The molecule has 0 spiro atoms. The molecule has 0 atom stereocenters. The number of rotatable bonds is 2. The van der Waals surface area contributed by atoms with E-state index in [-0.39, 0.29) is 29.6 Å². The van der Waals surface area contributed by atoms with Gasteiger partial charge in [0.2, 0.25) is 0 Å². The number of aromatic nitrogens is 1. The fourth-order valence-corrected chi connectivity index (χ4v) is 1.46. The number of hydrogen-bond acceptors (Lipinski definition) is 5. The molecule has 0 aromatic carbocycles. The van der Waals surface area contributed by atoms with Crippen LogP contribution in [-0.4, -0.2) is 16.9 Å². The van der Waals surface area contributed by atoms with Gasteiger partial charge in [0.15, 0.2) is 0 Å². The first-order valence-electron chi connectivity index (χ1n) is 4.85. The van der Waals surface area contributed by atoms with E-state index >= 15 is 0 Å². The fourth-order valence-electron chi connectivity index (χ4n) is 1.46. The summed E-state index contributed by atoms with van der Waals surface area (Å²) in [4.78, 5) is 25.0. The van der Waals surface area contributed by atoms with Crippen molar-refractivity contribution in [3.05, 3.63) is 17.8 Å². The zero-order chi connectivity index (χ0) is 11.7. The van der Waals surface area contributed by atoms with Gasteiger partial charge >= 0.3 is 29.6 Å². The van der Waals surface area contributed by atoms with Crippen LogP contribution in [0.5, 0.6) is 0 Å². The van der Waals surface area contributed by atoms with E-state index in [4.69, 9.17) is 5.73 Å².